The van der Waals surface area contributed by atoms with Gasteiger partial charge >= 0.3 is 0 Å². The first-order valence-corrected chi connectivity index (χ1v) is 6.17. The van der Waals surface area contributed by atoms with Crippen LogP contribution in [0.15, 0.2) is 53.5 Å². The third-order valence-electron chi connectivity index (χ3n) is 3.04. The van der Waals surface area contributed by atoms with Crippen LogP contribution < -0.4 is 0 Å². The lowest BCUT2D eigenvalue weighted by Crippen LogP contribution is -1.87. The molecule has 3 nitrogen and oxygen atoms in total. The van der Waals surface area contributed by atoms with Crippen molar-refractivity contribution in [3.8, 4) is 22.4 Å². The maximum atomic E-state index is 4.88. The molecule has 0 aliphatic carbocycles. The van der Waals surface area contributed by atoms with Crippen LogP contribution in [0.25, 0.3) is 22.4 Å². The van der Waals surface area contributed by atoms with Crippen molar-refractivity contribution in [1.29, 1.82) is 0 Å². The SMILES string of the molecule is Cc1cc(C)cc(-c2cc(-c3cnoc3)ccn2)c1. The predicted octanol–water partition coefficient (Wildman–Crippen LogP) is 4.02. The maximum Gasteiger partial charge on any atom is 0.131 e. The Morgan fingerprint density at radius 2 is 1.68 bits per heavy atom. The lowest BCUT2D eigenvalue weighted by molar-refractivity contribution is 0.420. The Kier molecular flexibility index (Phi) is 2.88. The molecule has 3 heteroatoms. The number of hydrogen-bond donors (Lipinski definition) is 0. The lowest BCUT2D eigenvalue weighted by Gasteiger charge is -2.06. The molecule has 0 aliphatic rings. The highest BCUT2D eigenvalue weighted by atomic mass is 16.5. The summed E-state index contributed by atoms with van der Waals surface area (Å²) >= 11 is 0. The molecule has 0 amide bonds. The van der Waals surface area contributed by atoms with Crippen molar-refractivity contribution in [3.63, 3.8) is 0 Å². The smallest absolute Gasteiger partial charge is 0.131 e. The molecule has 3 aromatic rings. The summed E-state index contributed by atoms with van der Waals surface area (Å²) in [5.74, 6) is 0. The van der Waals surface area contributed by atoms with Crippen molar-refractivity contribution < 1.29 is 4.52 Å². The minimum absolute atomic E-state index is 0.963. The molecular formula is C16H14N2O. The first-order chi connectivity index (χ1) is 9.22. The number of nitrogens with zero attached hydrogens (tertiary/aromatic N) is 2. The Labute approximate surface area is 111 Å². The van der Waals surface area contributed by atoms with Crippen LogP contribution in [-0.4, -0.2) is 10.1 Å². The van der Waals surface area contributed by atoms with Crippen LogP contribution in [0.1, 0.15) is 11.1 Å². The molecule has 2 heterocycles. The van der Waals surface area contributed by atoms with E-state index in [1.165, 1.54) is 11.1 Å². The van der Waals surface area contributed by atoms with E-state index in [0.29, 0.717) is 0 Å². The zero-order valence-corrected chi connectivity index (χ0v) is 10.9. The molecule has 19 heavy (non-hydrogen) atoms. The van der Waals surface area contributed by atoms with Gasteiger partial charge in [-0.25, -0.2) is 0 Å². The average molecular weight is 250 g/mol. The molecule has 1 aromatic carbocycles. The molecule has 0 saturated carbocycles. The Balaban J connectivity index is 2.08. The van der Waals surface area contributed by atoms with Gasteiger partial charge < -0.3 is 4.52 Å². The molecular weight excluding hydrogens is 236 g/mol. The summed E-state index contributed by atoms with van der Waals surface area (Å²) in [6.07, 6.45) is 5.16. The topological polar surface area (TPSA) is 38.9 Å². The highest BCUT2D eigenvalue weighted by Crippen LogP contribution is 2.25. The largest absolute Gasteiger partial charge is 0.364 e. The summed E-state index contributed by atoms with van der Waals surface area (Å²) in [6.45, 7) is 4.20. The Morgan fingerprint density at radius 1 is 0.895 bits per heavy atom. The van der Waals surface area contributed by atoms with Gasteiger partial charge in [0.05, 0.1) is 11.9 Å². The third kappa shape index (κ3) is 2.40. The zero-order valence-electron chi connectivity index (χ0n) is 10.9. The molecule has 2 aromatic heterocycles. The Bertz CT molecular complexity index is 682. The van der Waals surface area contributed by atoms with Crippen LogP contribution in [0, 0.1) is 13.8 Å². The fourth-order valence-electron chi connectivity index (χ4n) is 2.24. The number of hydrogen-bond acceptors (Lipinski definition) is 3. The molecule has 0 radical (unpaired) electrons. The molecule has 3 rings (SSSR count). The lowest BCUT2D eigenvalue weighted by atomic mass is 10.0. The fourth-order valence-corrected chi connectivity index (χ4v) is 2.24. The van der Waals surface area contributed by atoms with Crippen LogP contribution in [0.2, 0.25) is 0 Å². The van der Waals surface area contributed by atoms with Gasteiger partial charge in [-0.05, 0) is 43.7 Å². The van der Waals surface area contributed by atoms with Crippen LogP contribution in [0.3, 0.4) is 0 Å². The van der Waals surface area contributed by atoms with Gasteiger partial charge in [0, 0.05) is 17.3 Å². The van der Waals surface area contributed by atoms with Crippen molar-refractivity contribution in [3.05, 3.63) is 60.1 Å². The number of rotatable bonds is 2. The molecule has 0 spiro atoms. The van der Waals surface area contributed by atoms with Crippen molar-refractivity contribution >= 4 is 0 Å². The van der Waals surface area contributed by atoms with Gasteiger partial charge in [-0.2, -0.15) is 0 Å². The van der Waals surface area contributed by atoms with E-state index < -0.39 is 0 Å². The molecule has 0 fully saturated rings. The minimum Gasteiger partial charge on any atom is -0.364 e. The summed E-state index contributed by atoms with van der Waals surface area (Å²) in [7, 11) is 0. The number of benzene rings is 1. The molecule has 0 unspecified atom stereocenters. The molecule has 0 bridgehead atoms. The standard InChI is InChI=1S/C16H14N2O/c1-11-5-12(2)7-14(6-11)16-8-13(3-4-17-16)15-9-18-19-10-15/h3-10H,1-2H3. The molecule has 0 aliphatic heterocycles. The summed E-state index contributed by atoms with van der Waals surface area (Å²) in [4.78, 5) is 4.45. The van der Waals surface area contributed by atoms with Crippen molar-refractivity contribution in [2.45, 2.75) is 13.8 Å². The van der Waals surface area contributed by atoms with Gasteiger partial charge in [0.15, 0.2) is 0 Å². The number of aromatic nitrogens is 2. The van der Waals surface area contributed by atoms with Crippen LogP contribution >= 0.6 is 0 Å². The van der Waals surface area contributed by atoms with E-state index in [4.69, 9.17) is 4.52 Å². The number of pyridine rings is 1. The second-order valence-electron chi connectivity index (χ2n) is 4.72. The van der Waals surface area contributed by atoms with Crippen molar-refractivity contribution in [2.24, 2.45) is 0 Å². The normalized spacial score (nSPS) is 10.6. The second-order valence-corrected chi connectivity index (χ2v) is 4.72. The Morgan fingerprint density at radius 3 is 2.37 bits per heavy atom. The van der Waals surface area contributed by atoms with Crippen molar-refractivity contribution in [2.75, 3.05) is 0 Å². The highest BCUT2D eigenvalue weighted by Gasteiger charge is 2.05. The third-order valence-corrected chi connectivity index (χ3v) is 3.04. The Hall–Kier alpha value is -2.42. The first kappa shape index (κ1) is 11.7. The van der Waals surface area contributed by atoms with Crippen molar-refractivity contribution in [1.82, 2.24) is 10.1 Å². The summed E-state index contributed by atoms with van der Waals surface area (Å²) in [5, 5.41) is 3.73. The molecule has 0 atom stereocenters. The molecule has 0 N–H and O–H groups in total. The zero-order chi connectivity index (χ0) is 13.2. The van der Waals surface area contributed by atoms with Gasteiger partial charge in [-0.15, -0.1) is 0 Å². The average Bonchev–Trinajstić information content (AvgIpc) is 2.92. The van der Waals surface area contributed by atoms with Gasteiger partial charge in [-0.3, -0.25) is 4.98 Å². The van der Waals surface area contributed by atoms with E-state index in [2.05, 4.69) is 48.3 Å². The first-order valence-electron chi connectivity index (χ1n) is 6.17. The van der Waals surface area contributed by atoms with E-state index in [-0.39, 0.29) is 0 Å². The van der Waals surface area contributed by atoms with E-state index in [9.17, 15) is 0 Å². The fraction of sp³-hybridized carbons (Fsp3) is 0.125. The van der Waals surface area contributed by atoms with Gasteiger partial charge in [-0.1, -0.05) is 22.3 Å². The van der Waals surface area contributed by atoms with E-state index in [0.717, 1.165) is 22.4 Å². The minimum atomic E-state index is 0.963. The summed E-state index contributed by atoms with van der Waals surface area (Å²) in [5.41, 5.74) is 6.61. The van der Waals surface area contributed by atoms with Gasteiger partial charge in [0.25, 0.3) is 0 Å². The maximum absolute atomic E-state index is 4.88. The summed E-state index contributed by atoms with van der Waals surface area (Å²) in [6, 6.07) is 10.5. The van der Waals surface area contributed by atoms with Crippen LogP contribution in [-0.2, 0) is 0 Å². The van der Waals surface area contributed by atoms with E-state index in [1.54, 1.807) is 12.5 Å². The van der Waals surface area contributed by atoms with Crippen LogP contribution in [0.4, 0.5) is 0 Å². The number of aryl methyl sites for hydroxylation is 2. The van der Waals surface area contributed by atoms with Crippen LogP contribution in [0.5, 0.6) is 0 Å². The highest BCUT2D eigenvalue weighted by molar-refractivity contribution is 5.69. The molecule has 0 saturated heterocycles. The van der Waals surface area contributed by atoms with Gasteiger partial charge in [0.2, 0.25) is 0 Å². The summed E-state index contributed by atoms with van der Waals surface area (Å²) < 4.78 is 4.88. The van der Waals surface area contributed by atoms with Gasteiger partial charge in [0.1, 0.15) is 6.26 Å². The quantitative estimate of drug-likeness (QED) is 0.689. The predicted molar refractivity (Wildman–Crippen MR) is 74.6 cm³/mol. The van der Waals surface area contributed by atoms with E-state index in [1.807, 2.05) is 12.3 Å². The van der Waals surface area contributed by atoms with E-state index >= 15 is 0 Å². The molecule has 94 valence electrons. The second kappa shape index (κ2) is 4.69. The monoisotopic (exact) mass is 250 g/mol.